The Balaban J connectivity index is 1.52. The number of hydrogen-bond donors (Lipinski definition) is 0. The van der Waals surface area contributed by atoms with Crippen LogP contribution in [0.3, 0.4) is 0 Å². The van der Waals surface area contributed by atoms with E-state index in [0.717, 1.165) is 5.82 Å². The first-order valence-corrected chi connectivity index (χ1v) is 8.36. The highest BCUT2D eigenvalue weighted by atomic mass is 19.1. The predicted molar refractivity (Wildman–Crippen MR) is 94.0 cm³/mol. The molecule has 0 N–H and O–H groups in total. The first-order valence-electron chi connectivity index (χ1n) is 8.36. The van der Waals surface area contributed by atoms with Crippen molar-refractivity contribution in [3.8, 4) is 11.6 Å². The van der Waals surface area contributed by atoms with Crippen LogP contribution in [0, 0.1) is 12.7 Å². The fraction of sp³-hybridized carbons (Fsp3) is 0.389. The summed E-state index contributed by atoms with van der Waals surface area (Å²) in [6.45, 7) is 4.25. The van der Waals surface area contributed by atoms with Crippen LogP contribution in [-0.4, -0.2) is 60.7 Å². The summed E-state index contributed by atoms with van der Waals surface area (Å²) in [5.74, 6) is 2.01. The van der Waals surface area contributed by atoms with E-state index in [1.165, 1.54) is 24.3 Å². The quantitative estimate of drug-likeness (QED) is 0.808. The lowest BCUT2D eigenvalue weighted by Gasteiger charge is -2.35. The first kappa shape index (κ1) is 17.9. The summed E-state index contributed by atoms with van der Waals surface area (Å²) in [4.78, 5) is 24.8. The van der Waals surface area contributed by atoms with Gasteiger partial charge in [-0.1, -0.05) is 0 Å². The van der Waals surface area contributed by atoms with E-state index in [0.29, 0.717) is 43.6 Å². The molecule has 138 valence electrons. The van der Waals surface area contributed by atoms with E-state index in [1.54, 1.807) is 18.1 Å². The van der Waals surface area contributed by atoms with Crippen molar-refractivity contribution in [3.05, 3.63) is 42.0 Å². The van der Waals surface area contributed by atoms with Gasteiger partial charge in [0.15, 0.2) is 6.61 Å². The normalized spacial score (nSPS) is 14.3. The number of ether oxygens (including phenoxy) is 2. The average Bonchev–Trinajstić information content (AvgIpc) is 2.67. The van der Waals surface area contributed by atoms with Crippen molar-refractivity contribution < 1.29 is 18.7 Å². The molecule has 2 aromatic rings. The molecular weight excluding hydrogens is 339 g/mol. The number of halogens is 1. The van der Waals surface area contributed by atoms with E-state index in [9.17, 15) is 9.18 Å². The van der Waals surface area contributed by atoms with Crippen molar-refractivity contribution in [2.45, 2.75) is 6.92 Å². The van der Waals surface area contributed by atoms with E-state index in [1.807, 2.05) is 6.92 Å². The average molecular weight is 360 g/mol. The third kappa shape index (κ3) is 4.38. The molecule has 0 unspecified atom stereocenters. The van der Waals surface area contributed by atoms with Crippen LogP contribution in [0.25, 0.3) is 0 Å². The third-order valence-electron chi connectivity index (χ3n) is 4.14. The predicted octanol–water partition coefficient (Wildman–Crippen LogP) is 1.66. The van der Waals surface area contributed by atoms with Crippen LogP contribution in [0.5, 0.6) is 11.6 Å². The number of carbonyl (C=O) groups is 1. The van der Waals surface area contributed by atoms with Gasteiger partial charge in [0.05, 0.1) is 7.11 Å². The zero-order chi connectivity index (χ0) is 18.5. The van der Waals surface area contributed by atoms with Crippen LogP contribution in [0.2, 0.25) is 0 Å². The van der Waals surface area contributed by atoms with Crippen LogP contribution in [0.1, 0.15) is 5.82 Å². The maximum atomic E-state index is 12.9. The molecule has 0 radical (unpaired) electrons. The summed E-state index contributed by atoms with van der Waals surface area (Å²) in [5.41, 5.74) is 0. The minimum atomic E-state index is -0.337. The summed E-state index contributed by atoms with van der Waals surface area (Å²) in [5, 5.41) is 0. The second kappa shape index (κ2) is 7.99. The second-order valence-electron chi connectivity index (χ2n) is 5.93. The van der Waals surface area contributed by atoms with Gasteiger partial charge in [-0.15, -0.1) is 0 Å². The lowest BCUT2D eigenvalue weighted by Crippen LogP contribution is -2.50. The monoisotopic (exact) mass is 360 g/mol. The lowest BCUT2D eigenvalue weighted by molar-refractivity contribution is -0.133. The zero-order valence-corrected chi connectivity index (χ0v) is 14.8. The van der Waals surface area contributed by atoms with Gasteiger partial charge < -0.3 is 19.3 Å². The van der Waals surface area contributed by atoms with E-state index in [4.69, 9.17) is 9.47 Å². The zero-order valence-electron chi connectivity index (χ0n) is 14.8. The molecule has 0 atom stereocenters. The van der Waals surface area contributed by atoms with Gasteiger partial charge in [0.25, 0.3) is 5.91 Å². The van der Waals surface area contributed by atoms with Crippen molar-refractivity contribution in [2.75, 3.05) is 44.8 Å². The van der Waals surface area contributed by atoms with Gasteiger partial charge in [-0.2, -0.15) is 4.98 Å². The molecule has 1 aliphatic heterocycles. The smallest absolute Gasteiger partial charge is 0.260 e. The Kier molecular flexibility index (Phi) is 5.50. The van der Waals surface area contributed by atoms with Crippen molar-refractivity contribution in [2.24, 2.45) is 0 Å². The van der Waals surface area contributed by atoms with Crippen molar-refractivity contribution in [3.63, 3.8) is 0 Å². The SMILES string of the molecule is COc1cc(N2CCN(C(=O)COc3ccc(F)cc3)CC2)nc(C)n1. The lowest BCUT2D eigenvalue weighted by atomic mass is 10.3. The fourth-order valence-electron chi connectivity index (χ4n) is 2.74. The fourth-order valence-corrected chi connectivity index (χ4v) is 2.74. The molecule has 1 amide bonds. The Hall–Kier alpha value is -2.90. The molecule has 1 saturated heterocycles. The van der Waals surface area contributed by atoms with Gasteiger partial charge in [0.1, 0.15) is 23.2 Å². The molecular formula is C18H21FN4O3. The van der Waals surface area contributed by atoms with Crippen LogP contribution in [0.4, 0.5) is 10.2 Å². The van der Waals surface area contributed by atoms with Gasteiger partial charge in [-0.25, -0.2) is 9.37 Å². The maximum Gasteiger partial charge on any atom is 0.260 e. The number of piperazine rings is 1. The van der Waals surface area contributed by atoms with Crippen molar-refractivity contribution >= 4 is 11.7 Å². The van der Waals surface area contributed by atoms with Crippen LogP contribution in [-0.2, 0) is 4.79 Å². The minimum Gasteiger partial charge on any atom is -0.484 e. The first-order chi connectivity index (χ1) is 12.5. The highest BCUT2D eigenvalue weighted by molar-refractivity contribution is 5.78. The number of rotatable bonds is 5. The van der Waals surface area contributed by atoms with Crippen LogP contribution < -0.4 is 14.4 Å². The summed E-state index contributed by atoms with van der Waals surface area (Å²) in [7, 11) is 1.57. The molecule has 3 rings (SSSR count). The molecule has 1 aromatic carbocycles. The topological polar surface area (TPSA) is 67.8 Å². The highest BCUT2D eigenvalue weighted by Crippen LogP contribution is 2.19. The van der Waals surface area contributed by atoms with E-state index in [2.05, 4.69) is 14.9 Å². The molecule has 1 aromatic heterocycles. The van der Waals surface area contributed by atoms with Gasteiger partial charge >= 0.3 is 0 Å². The number of aryl methyl sites for hydroxylation is 1. The number of methoxy groups -OCH3 is 1. The van der Waals surface area contributed by atoms with Gasteiger partial charge in [-0.05, 0) is 31.2 Å². The van der Waals surface area contributed by atoms with E-state index < -0.39 is 0 Å². The Morgan fingerprint density at radius 3 is 2.50 bits per heavy atom. The minimum absolute atomic E-state index is 0.0634. The number of benzene rings is 1. The summed E-state index contributed by atoms with van der Waals surface area (Å²) in [6.07, 6.45) is 0. The van der Waals surface area contributed by atoms with Gasteiger partial charge in [0.2, 0.25) is 5.88 Å². The number of aromatic nitrogens is 2. The molecule has 0 saturated carbocycles. The van der Waals surface area contributed by atoms with E-state index in [-0.39, 0.29) is 18.3 Å². The Morgan fingerprint density at radius 2 is 1.85 bits per heavy atom. The number of carbonyl (C=O) groups excluding carboxylic acids is 1. The Morgan fingerprint density at radius 1 is 1.15 bits per heavy atom. The summed E-state index contributed by atoms with van der Waals surface area (Å²) >= 11 is 0. The largest absolute Gasteiger partial charge is 0.484 e. The molecule has 2 heterocycles. The second-order valence-corrected chi connectivity index (χ2v) is 5.93. The standard InChI is InChI=1S/C18H21FN4O3/c1-13-20-16(11-17(21-13)25-2)22-7-9-23(10-8-22)18(24)12-26-15-5-3-14(19)4-6-15/h3-6,11H,7-10,12H2,1-2H3. The highest BCUT2D eigenvalue weighted by Gasteiger charge is 2.23. The van der Waals surface area contributed by atoms with E-state index >= 15 is 0 Å². The Bertz CT molecular complexity index is 762. The summed E-state index contributed by atoms with van der Waals surface area (Å²) < 4.78 is 23.5. The third-order valence-corrected chi connectivity index (χ3v) is 4.14. The number of amides is 1. The molecule has 1 fully saturated rings. The summed E-state index contributed by atoms with van der Waals surface area (Å²) in [6, 6.07) is 7.41. The number of nitrogens with zero attached hydrogens (tertiary/aromatic N) is 4. The Labute approximate surface area is 151 Å². The van der Waals surface area contributed by atoms with Crippen LogP contribution >= 0.6 is 0 Å². The molecule has 7 nitrogen and oxygen atoms in total. The maximum absolute atomic E-state index is 12.9. The molecule has 0 bridgehead atoms. The van der Waals surface area contributed by atoms with Crippen molar-refractivity contribution in [1.29, 1.82) is 0 Å². The molecule has 8 heteroatoms. The molecule has 1 aliphatic rings. The van der Waals surface area contributed by atoms with Gasteiger partial charge in [0, 0.05) is 32.2 Å². The van der Waals surface area contributed by atoms with Crippen LogP contribution in [0.15, 0.2) is 30.3 Å². The van der Waals surface area contributed by atoms with Gasteiger partial charge in [-0.3, -0.25) is 4.79 Å². The number of anilines is 1. The molecule has 0 aliphatic carbocycles. The molecule has 0 spiro atoms. The van der Waals surface area contributed by atoms with Crippen molar-refractivity contribution in [1.82, 2.24) is 14.9 Å². The molecule has 26 heavy (non-hydrogen) atoms. The number of hydrogen-bond acceptors (Lipinski definition) is 6.